The van der Waals surface area contributed by atoms with E-state index in [1.807, 2.05) is 49.2 Å². The molecule has 0 aliphatic carbocycles. The van der Waals surface area contributed by atoms with Gasteiger partial charge in [0.25, 0.3) is 0 Å². The molecule has 8 heteroatoms. The molecular weight excluding hydrogens is 450 g/mol. The summed E-state index contributed by atoms with van der Waals surface area (Å²) in [6.45, 7) is 4.33. The zero-order chi connectivity index (χ0) is 25.8. The van der Waals surface area contributed by atoms with Gasteiger partial charge in [-0.25, -0.2) is 9.59 Å². The molecule has 1 unspecified atom stereocenters. The van der Waals surface area contributed by atoms with Crippen LogP contribution in [-0.2, 0) is 19.8 Å². The number of carbonyl (C=O) groups excluding carboxylic acids is 2. The molecule has 0 N–H and O–H groups in total. The Kier molecular flexibility index (Phi) is 10.4. The van der Waals surface area contributed by atoms with Gasteiger partial charge in [-0.2, -0.15) is 0 Å². The van der Waals surface area contributed by atoms with Crippen LogP contribution in [0, 0.1) is 11.8 Å². The first-order chi connectivity index (χ1) is 16.9. The lowest BCUT2D eigenvalue weighted by Gasteiger charge is -2.40. The van der Waals surface area contributed by atoms with Crippen LogP contribution in [0.1, 0.15) is 36.2 Å². The molecular formula is C27H33NO7. The summed E-state index contributed by atoms with van der Waals surface area (Å²) in [5, 5.41) is 0. The maximum absolute atomic E-state index is 13.1. The van der Waals surface area contributed by atoms with Crippen LogP contribution >= 0.6 is 0 Å². The summed E-state index contributed by atoms with van der Waals surface area (Å²) in [5.41, 5.74) is 0.545. The highest BCUT2D eigenvalue weighted by Gasteiger charge is 2.36. The maximum Gasteiger partial charge on any atom is 0.384 e. The molecule has 2 aromatic carbocycles. The number of nitrogens with zero attached hydrogens (tertiary/aromatic N) is 1. The number of esters is 2. The fourth-order valence-electron chi connectivity index (χ4n) is 3.75. The summed E-state index contributed by atoms with van der Waals surface area (Å²) >= 11 is 0. The molecule has 0 heterocycles. The molecule has 0 saturated carbocycles. The van der Waals surface area contributed by atoms with Gasteiger partial charge in [-0.3, -0.25) is 4.90 Å². The van der Waals surface area contributed by atoms with Crippen LogP contribution in [0.25, 0.3) is 0 Å². The number of methoxy groups -OCH3 is 3. The summed E-state index contributed by atoms with van der Waals surface area (Å²) < 4.78 is 26.7. The number of benzene rings is 2. The average Bonchev–Trinajstić information content (AvgIpc) is 2.88. The van der Waals surface area contributed by atoms with Crippen molar-refractivity contribution in [3.05, 3.63) is 53.6 Å². The van der Waals surface area contributed by atoms with E-state index in [-0.39, 0.29) is 25.3 Å². The van der Waals surface area contributed by atoms with E-state index in [4.69, 9.17) is 23.7 Å². The lowest BCUT2D eigenvalue weighted by molar-refractivity contribution is -0.136. The molecule has 0 fully saturated rings. The van der Waals surface area contributed by atoms with E-state index in [1.54, 1.807) is 19.1 Å². The second-order valence-corrected chi connectivity index (χ2v) is 7.62. The lowest BCUT2D eigenvalue weighted by atomic mass is 9.86. The van der Waals surface area contributed by atoms with E-state index < -0.39 is 17.5 Å². The largest absolute Gasteiger partial charge is 0.493 e. The van der Waals surface area contributed by atoms with Gasteiger partial charge >= 0.3 is 11.9 Å². The van der Waals surface area contributed by atoms with Crippen molar-refractivity contribution in [3.8, 4) is 29.1 Å². The summed E-state index contributed by atoms with van der Waals surface area (Å²) in [7, 11) is 6.34. The summed E-state index contributed by atoms with van der Waals surface area (Å²) in [4.78, 5) is 26.7. The van der Waals surface area contributed by atoms with E-state index in [0.29, 0.717) is 23.7 Å². The first-order valence-corrected chi connectivity index (χ1v) is 11.3. The Hall–Kier alpha value is -3.70. The zero-order valence-electron chi connectivity index (χ0n) is 21.2. The Morgan fingerprint density at radius 3 is 2.09 bits per heavy atom. The maximum atomic E-state index is 13.1. The minimum absolute atomic E-state index is 0.0561. The normalized spacial score (nSPS) is 12.1. The molecule has 0 aromatic heterocycles. The summed E-state index contributed by atoms with van der Waals surface area (Å²) in [6.07, 6.45) is 0.622. The third-order valence-corrected chi connectivity index (χ3v) is 5.75. The quantitative estimate of drug-likeness (QED) is 0.272. The standard InChI is InChI=1S/C27H33NO7/c1-7-27(21-13-10-9-11-14-21,28(3)16-12-15-24(29)34-8-2)19-35-26(30)20-17-22(31-4)25(33-6)23(18-20)32-5/h9-11,13-14,17-18H,7-8,16,19H2,1-6H3. The van der Waals surface area contributed by atoms with Gasteiger partial charge in [0.2, 0.25) is 5.75 Å². The topological polar surface area (TPSA) is 83.5 Å². The molecule has 35 heavy (non-hydrogen) atoms. The highest BCUT2D eigenvalue weighted by molar-refractivity contribution is 5.91. The van der Waals surface area contributed by atoms with Crippen molar-refractivity contribution >= 4 is 11.9 Å². The number of likely N-dealkylation sites (N-methyl/N-ethyl adjacent to an activating group) is 1. The Morgan fingerprint density at radius 1 is 0.943 bits per heavy atom. The molecule has 2 aromatic rings. The SMILES string of the molecule is CCOC(=O)C#CCN(C)C(CC)(COC(=O)c1cc(OC)c(OC)c(OC)c1)c1ccccc1. The fourth-order valence-corrected chi connectivity index (χ4v) is 3.75. The van der Waals surface area contributed by atoms with Crippen molar-refractivity contribution in [1.29, 1.82) is 0 Å². The molecule has 188 valence electrons. The molecule has 0 aliphatic heterocycles. The van der Waals surface area contributed by atoms with Crippen LogP contribution in [-0.4, -0.2) is 65.0 Å². The number of carbonyl (C=O) groups is 2. The number of hydrogen-bond donors (Lipinski definition) is 0. The van der Waals surface area contributed by atoms with Gasteiger partial charge in [-0.05, 0) is 38.1 Å². The third kappa shape index (κ3) is 6.67. The fraction of sp³-hybridized carbons (Fsp3) is 0.407. The summed E-state index contributed by atoms with van der Waals surface area (Å²) in [6, 6.07) is 12.8. The Balaban J connectivity index is 2.34. The molecule has 8 nitrogen and oxygen atoms in total. The van der Waals surface area contributed by atoms with Gasteiger partial charge in [0, 0.05) is 5.92 Å². The first kappa shape index (κ1) is 27.5. The number of ether oxygens (including phenoxy) is 5. The monoisotopic (exact) mass is 483 g/mol. The van der Waals surface area contributed by atoms with Crippen molar-refractivity contribution < 1.29 is 33.3 Å². The van der Waals surface area contributed by atoms with E-state index in [1.165, 1.54) is 21.3 Å². The predicted molar refractivity (Wildman–Crippen MR) is 132 cm³/mol. The molecule has 0 saturated heterocycles. The van der Waals surface area contributed by atoms with Crippen LogP contribution < -0.4 is 14.2 Å². The molecule has 0 radical (unpaired) electrons. The van der Waals surface area contributed by atoms with Crippen molar-refractivity contribution in [2.24, 2.45) is 0 Å². The lowest BCUT2D eigenvalue weighted by Crippen LogP contribution is -2.47. The zero-order valence-corrected chi connectivity index (χ0v) is 21.2. The molecule has 1 atom stereocenters. The molecule has 0 aliphatic rings. The number of hydrogen-bond acceptors (Lipinski definition) is 8. The van der Waals surface area contributed by atoms with Gasteiger partial charge in [-0.1, -0.05) is 43.2 Å². The van der Waals surface area contributed by atoms with Crippen molar-refractivity contribution in [2.75, 3.05) is 48.1 Å². The van der Waals surface area contributed by atoms with E-state index >= 15 is 0 Å². The Bertz CT molecular complexity index is 1030. The second-order valence-electron chi connectivity index (χ2n) is 7.62. The van der Waals surface area contributed by atoms with Crippen LogP contribution in [0.3, 0.4) is 0 Å². The van der Waals surface area contributed by atoms with Crippen molar-refractivity contribution in [2.45, 2.75) is 25.8 Å². The van der Waals surface area contributed by atoms with E-state index in [0.717, 1.165) is 5.56 Å². The molecule has 0 bridgehead atoms. The summed E-state index contributed by atoms with van der Waals surface area (Å²) in [5.74, 6) is 5.33. The average molecular weight is 484 g/mol. The van der Waals surface area contributed by atoms with Gasteiger partial charge in [0.1, 0.15) is 6.61 Å². The molecule has 0 amide bonds. The van der Waals surface area contributed by atoms with Gasteiger partial charge < -0.3 is 23.7 Å². The highest BCUT2D eigenvalue weighted by Crippen LogP contribution is 2.39. The second kappa shape index (κ2) is 13.3. The first-order valence-electron chi connectivity index (χ1n) is 11.3. The molecule has 0 spiro atoms. The van der Waals surface area contributed by atoms with Crippen LogP contribution in [0.5, 0.6) is 17.2 Å². The van der Waals surface area contributed by atoms with E-state index in [9.17, 15) is 9.59 Å². The van der Waals surface area contributed by atoms with Crippen LogP contribution in [0.2, 0.25) is 0 Å². The van der Waals surface area contributed by atoms with Crippen LogP contribution in [0.4, 0.5) is 0 Å². The smallest absolute Gasteiger partial charge is 0.384 e. The Morgan fingerprint density at radius 2 is 1.57 bits per heavy atom. The van der Waals surface area contributed by atoms with Crippen molar-refractivity contribution in [3.63, 3.8) is 0 Å². The van der Waals surface area contributed by atoms with Crippen molar-refractivity contribution in [1.82, 2.24) is 4.90 Å². The minimum atomic E-state index is -0.680. The Labute approximate surface area is 207 Å². The predicted octanol–water partition coefficient (Wildman–Crippen LogP) is 3.67. The number of rotatable bonds is 11. The minimum Gasteiger partial charge on any atom is -0.493 e. The van der Waals surface area contributed by atoms with Gasteiger partial charge in [0.15, 0.2) is 11.5 Å². The molecule has 2 rings (SSSR count). The third-order valence-electron chi connectivity index (χ3n) is 5.75. The highest BCUT2D eigenvalue weighted by atomic mass is 16.5. The van der Waals surface area contributed by atoms with Gasteiger partial charge in [-0.15, -0.1) is 0 Å². The van der Waals surface area contributed by atoms with E-state index in [2.05, 4.69) is 11.8 Å². The van der Waals surface area contributed by atoms with Gasteiger partial charge in [0.05, 0.1) is 45.6 Å². The van der Waals surface area contributed by atoms with Crippen LogP contribution in [0.15, 0.2) is 42.5 Å².